The predicted molar refractivity (Wildman–Crippen MR) is 17.6 cm³/mol. The van der Waals surface area contributed by atoms with Gasteiger partial charge in [0.2, 0.25) is 0 Å². The van der Waals surface area contributed by atoms with Crippen molar-refractivity contribution in [2.75, 3.05) is 0 Å². The lowest BCUT2D eigenvalue weighted by molar-refractivity contribution is 0.576. The molecule has 0 aromatic heterocycles. The monoisotopic (exact) mass is 95.0 g/mol. The predicted octanol–water partition coefficient (Wildman–Crippen LogP) is -0.288. The molecule has 0 spiro atoms. The average molecular weight is 94.9 g/mol. The van der Waals surface area contributed by atoms with Crippen molar-refractivity contribution < 1.29 is 13.1 Å². The van der Waals surface area contributed by atoms with Crippen LogP contribution in [0.5, 0.6) is 0 Å². The van der Waals surface area contributed by atoms with Crippen LogP contribution in [0.4, 0.5) is 4.32 Å². The molecular formula is HBFO2S. The minimum atomic E-state index is -2.36. The highest BCUT2D eigenvalue weighted by Gasteiger charge is 1.89. The molecule has 2 nitrogen and oxygen atoms in total. The van der Waals surface area contributed by atoms with Crippen molar-refractivity contribution >= 4 is 17.8 Å². The Morgan fingerprint density at radius 1 is 2.00 bits per heavy atom. The second-order valence-electron chi connectivity index (χ2n) is 0.365. The van der Waals surface area contributed by atoms with Gasteiger partial charge in [-0.3, -0.25) is 0 Å². The van der Waals surface area contributed by atoms with Crippen LogP contribution < -0.4 is 0 Å². The fourth-order valence-corrected chi connectivity index (χ4v) is 0. The van der Waals surface area contributed by atoms with Gasteiger partial charge in [0.1, 0.15) is 10.9 Å². The fraction of sp³-hybridized carbons (Fsp3) is 0. The summed E-state index contributed by atoms with van der Waals surface area (Å²) >= 11 is 0. The van der Waals surface area contributed by atoms with Gasteiger partial charge in [0.25, 0.3) is 0 Å². The molecule has 0 aliphatic heterocycles. The number of rotatable bonds is 1. The normalized spacial score (nSPS) is 14.0. The van der Waals surface area contributed by atoms with Gasteiger partial charge in [0.15, 0.2) is 0 Å². The third-order valence-corrected chi connectivity index (χ3v) is 0.229. The Morgan fingerprint density at radius 3 is 2.20 bits per heavy atom. The van der Waals surface area contributed by atoms with Crippen molar-refractivity contribution in [1.29, 1.82) is 0 Å². The summed E-state index contributed by atoms with van der Waals surface area (Å²) in [4.78, 5) is 0. The SMILES string of the molecule is O=S(O)[B]F. The van der Waals surface area contributed by atoms with Crippen molar-refractivity contribution in [2.45, 2.75) is 0 Å². The van der Waals surface area contributed by atoms with E-state index in [-0.39, 0.29) is 6.84 Å². The standard InChI is InChI=1S/BFHO2S/c2-1-5(3)4/h(H,3,4). The van der Waals surface area contributed by atoms with E-state index < -0.39 is 10.9 Å². The van der Waals surface area contributed by atoms with Gasteiger partial charge < -0.3 is 8.87 Å². The van der Waals surface area contributed by atoms with Gasteiger partial charge in [-0.15, -0.1) is 0 Å². The highest BCUT2D eigenvalue weighted by molar-refractivity contribution is 8.04. The smallest absolute Gasteiger partial charge is 0.318 e. The Morgan fingerprint density at radius 2 is 2.20 bits per heavy atom. The van der Waals surface area contributed by atoms with Gasteiger partial charge in [-0.1, -0.05) is 0 Å². The Hall–Kier alpha value is 0.105. The minimum Gasteiger partial charge on any atom is -0.318 e. The molecule has 0 amide bonds. The largest absolute Gasteiger partial charge is 0.504 e. The molecular weight excluding hydrogens is 93.9 g/mol. The van der Waals surface area contributed by atoms with E-state index in [2.05, 4.69) is 0 Å². The first kappa shape index (κ1) is 5.10. The zero-order valence-corrected chi connectivity index (χ0v) is 3.04. The molecule has 0 aliphatic carbocycles. The van der Waals surface area contributed by atoms with Crippen LogP contribution in [0.1, 0.15) is 0 Å². The summed E-state index contributed by atoms with van der Waals surface area (Å²) in [6, 6.07) is 0. The van der Waals surface area contributed by atoms with Crippen LogP contribution in [0.15, 0.2) is 0 Å². The van der Waals surface area contributed by atoms with Crippen molar-refractivity contribution in [3.8, 4) is 0 Å². The molecule has 0 aromatic rings. The van der Waals surface area contributed by atoms with E-state index >= 15 is 0 Å². The Balaban J connectivity index is 2.85. The maximum atomic E-state index is 10.4. The van der Waals surface area contributed by atoms with Gasteiger partial charge >= 0.3 is 6.84 Å². The van der Waals surface area contributed by atoms with Crippen molar-refractivity contribution in [3.63, 3.8) is 0 Å². The van der Waals surface area contributed by atoms with Crippen LogP contribution in [0.2, 0.25) is 0 Å². The first-order valence-corrected chi connectivity index (χ1v) is 1.97. The molecule has 5 heavy (non-hydrogen) atoms. The molecule has 1 N–H and O–H groups in total. The third kappa shape index (κ3) is 4.10. The maximum absolute atomic E-state index is 10.4. The Kier molecular flexibility index (Phi) is 2.40. The second kappa shape index (κ2) is 2.35. The molecule has 1 unspecified atom stereocenters. The van der Waals surface area contributed by atoms with Crippen LogP contribution in [0.25, 0.3) is 0 Å². The van der Waals surface area contributed by atoms with Gasteiger partial charge in [-0.25, -0.2) is 4.21 Å². The molecule has 0 aromatic carbocycles. The van der Waals surface area contributed by atoms with Gasteiger partial charge in [-0.05, 0) is 0 Å². The lowest BCUT2D eigenvalue weighted by atomic mass is 10.6. The van der Waals surface area contributed by atoms with Gasteiger partial charge in [0.05, 0.1) is 0 Å². The number of hydrogen-bond acceptors (Lipinski definition) is 1. The van der Waals surface area contributed by atoms with E-state index in [0.717, 1.165) is 0 Å². The Bertz CT molecular complexity index is 44.9. The second-order valence-corrected chi connectivity index (χ2v) is 1.10. The molecule has 0 saturated carbocycles. The molecule has 0 bridgehead atoms. The summed E-state index contributed by atoms with van der Waals surface area (Å²) < 4.78 is 26.9. The van der Waals surface area contributed by atoms with E-state index in [1.165, 1.54) is 0 Å². The summed E-state index contributed by atoms with van der Waals surface area (Å²) in [6.07, 6.45) is 0. The van der Waals surface area contributed by atoms with Gasteiger partial charge in [-0.2, -0.15) is 0 Å². The Labute approximate surface area is 31.9 Å². The minimum absolute atomic E-state index is 0.306. The first-order valence-electron chi connectivity index (χ1n) is 0.803. The van der Waals surface area contributed by atoms with Crippen LogP contribution in [-0.2, 0) is 10.9 Å². The molecule has 29 valence electrons. The zero-order valence-electron chi connectivity index (χ0n) is 2.22. The van der Waals surface area contributed by atoms with E-state index in [4.69, 9.17) is 8.76 Å². The third-order valence-electron chi connectivity index (χ3n) is 0.0762. The summed E-state index contributed by atoms with van der Waals surface area (Å²) in [5, 5.41) is 0. The molecule has 0 fully saturated rings. The highest BCUT2D eigenvalue weighted by Crippen LogP contribution is 1.63. The first-order chi connectivity index (χ1) is 2.27. The van der Waals surface area contributed by atoms with Crippen LogP contribution >= 0.6 is 0 Å². The summed E-state index contributed by atoms with van der Waals surface area (Å²) in [6.45, 7) is -0.306. The topological polar surface area (TPSA) is 37.3 Å². The molecule has 0 heterocycles. The lowest BCUT2D eigenvalue weighted by Crippen LogP contribution is -1.88. The number of halogens is 1. The quantitative estimate of drug-likeness (QED) is 0.359. The average Bonchev–Trinajstić information content (AvgIpc) is 1.38. The lowest BCUT2D eigenvalue weighted by Gasteiger charge is -1.66. The molecule has 1 atom stereocenters. The van der Waals surface area contributed by atoms with Crippen LogP contribution in [0.3, 0.4) is 0 Å². The number of hydrogen-bond donors (Lipinski definition) is 1. The molecule has 0 rings (SSSR count). The fourth-order valence-electron chi connectivity index (χ4n) is 0. The van der Waals surface area contributed by atoms with Crippen molar-refractivity contribution in [2.24, 2.45) is 0 Å². The van der Waals surface area contributed by atoms with E-state index in [1.54, 1.807) is 0 Å². The van der Waals surface area contributed by atoms with Crippen LogP contribution in [-0.4, -0.2) is 15.6 Å². The highest BCUT2D eigenvalue weighted by atomic mass is 32.2. The zero-order chi connectivity index (χ0) is 4.28. The van der Waals surface area contributed by atoms with E-state index in [1.807, 2.05) is 0 Å². The van der Waals surface area contributed by atoms with Crippen molar-refractivity contribution in [3.05, 3.63) is 0 Å². The van der Waals surface area contributed by atoms with E-state index in [9.17, 15) is 4.32 Å². The van der Waals surface area contributed by atoms with Crippen LogP contribution in [0, 0.1) is 0 Å². The molecule has 0 saturated heterocycles. The molecule has 0 aliphatic rings. The summed E-state index contributed by atoms with van der Waals surface area (Å²) in [5.74, 6) is 0. The summed E-state index contributed by atoms with van der Waals surface area (Å²) in [7, 11) is -2.36. The van der Waals surface area contributed by atoms with Crippen molar-refractivity contribution in [1.82, 2.24) is 0 Å². The molecule has 1 radical (unpaired) electrons. The maximum Gasteiger partial charge on any atom is 0.504 e. The molecule has 5 heteroatoms. The summed E-state index contributed by atoms with van der Waals surface area (Å²) in [5.41, 5.74) is 0. The van der Waals surface area contributed by atoms with E-state index in [0.29, 0.717) is 0 Å². The van der Waals surface area contributed by atoms with Gasteiger partial charge in [0, 0.05) is 0 Å².